The molecular formula is C21H26O6. The Morgan fingerprint density at radius 3 is 2.74 bits per heavy atom. The third-order valence-electron chi connectivity index (χ3n) is 6.97. The number of benzene rings is 1. The number of allylic oxidation sites excluding steroid dienone is 1. The van der Waals surface area contributed by atoms with Crippen molar-refractivity contribution in [1.82, 2.24) is 0 Å². The maximum absolute atomic E-state index is 13.4. The van der Waals surface area contributed by atoms with E-state index in [1.807, 2.05) is 24.3 Å². The van der Waals surface area contributed by atoms with Gasteiger partial charge in [-0.25, -0.2) is 0 Å². The molecular weight excluding hydrogens is 348 g/mol. The molecule has 1 aliphatic heterocycles. The van der Waals surface area contributed by atoms with Gasteiger partial charge in [-0.2, -0.15) is 0 Å². The zero-order valence-corrected chi connectivity index (χ0v) is 15.9. The molecule has 2 fully saturated rings. The Kier molecular flexibility index (Phi) is 4.33. The third-order valence-corrected chi connectivity index (χ3v) is 6.97. The van der Waals surface area contributed by atoms with Crippen molar-refractivity contribution in [3.05, 3.63) is 36.4 Å². The van der Waals surface area contributed by atoms with Crippen LogP contribution in [0, 0.1) is 11.3 Å². The molecule has 146 valence electrons. The van der Waals surface area contributed by atoms with Crippen molar-refractivity contribution in [2.24, 2.45) is 11.3 Å². The van der Waals surface area contributed by atoms with Gasteiger partial charge in [0.25, 0.3) is 0 Å². The maximum Gasteiger partial charge on any atom is 0.231 e. The minimum absolute atomic E-state index is 0.0325. The summed E-state index contributed by atoms with van der Waals surface area (Å²) in [5, 5.41) is 11.4. The van der Waals surface area contributed by atoms with Crippen molar-refractivity contribution in [1.29, 1.82) is 0 Å². The highest BCUT2D eigenvalue weighted by Crippen LogP contribution is 2.65. The average Bonchev–Trinajstić information content (AvgIpc) is 3.18. The number of ketones is 1. The predicted molar refractivity (Wildman–Crippen MR) is 97.9 cm³/mol. The molecule has 0 radical (unpaired) electrons. The molecule has 6 nitrogen and oxygen atoms in total. The molecule has 0 saturated heterocycles. The SMILES string of the molecule is C=CC[C@]12C[C@H](OC)C(=O)[C@](OC)([C@H](c3ccc4c(c3)OCO4)[C@H]1C)[C@H]2O. The molecule has 4 rings (SSSR count). The van der Waals surface area contributed by atoms with Crippen LogP contribution in [0.5, 0.6) is 11.5 Å². The lowest BCUT2D eigenvalue weighted by Crippen LogP contribution is -2.62. The fourth-order valence-corrected chi connectivity index (χ4v) is 5.65. The number of hydrogen-bond donors (Lipinski definition) is 1. The van der Waals surface area contributed by atoms with Crippen LogP contribution in [0.15, 0.2) is 30.9 Å². The summed E-state index contributed by atoms with van der Waals surface area (Å²) in [6.45, 7) is 6.14. The zero-order valence-electron chi connectivity index (χ0n) is 15.9. The van der Waals surface area contributed by atoms with Crippen LogP contribution in [0.1, 0.15) is 31.2 Å². The summed E-state index contributed by atoms with van der Waals surface area (Å²) >= 11 is 0. The van der Waals surface area contributed by atoms with E-state index >= 15 is 0 Å². The van der Waals surface area contributed by atoms with Crippen LogP contribution in [-0.4, -0.2) is 49.7 Å². The van der Waals surface area contributed by atoms with Crippen molar-refractivity contribution < 1.29 is 28.8 Å². The standard InChI is InChI=1S/C21H26O6/c1-5-8-20-10-16(24-3)18(22)21(25-4,19(20)23)17(12(20)2)13-6-7-14-15(9-13)27-11-26-14/h5-7,9,12,16-17,19,23H,1,8,10-11H2,2-4H3/t12-,16+,17+,19+,20+,21-/m1/s1. The summed E-state index contributed by atoms with van der Waals surface area (Å²) in [5.74, 6) is 0.762. The van der Waals surface area contributed by atoms with Crippen LogP contribution >= 0.6 is 0 Å². The number of aliphatic hydroxyl groups excluding tert-OH is 1. The van der Waals surface area contributed by atoms with Crippen molar-refractivity contribution in [3.8, 4) is 11.5 Å². The number of ether oxygens (including phenoxy) is 4. The van der Waals surface area contributed by atoms with E-state index in [-0.39, 0.29) is 24.4 Å². The molecule has 1 N–H and O–H groups in total. The van der Waals surface area contributed by atoms with Gasteiger partial charge in [-0.1, -0.05) is 19.1 Å². The van der Waals surface area contributed by atoms with E-state index in [1.165, 1.54) is 14.2 Å². The smallest absolute Gasteiger partial charge is 0.231 e. The van der Waals surface area contributed by atoms with Gasteiger partial charge in [0.05, 0.1) is 6.10 Å². The van der Waals surface area contributed by atoms with Gasteiger partial charge in [0.15, 0.2) is 22.9 Å². The molecule has 0 amide bonds. The quantitative estimate of drug-likeness (QED) is 0.798. The van der Waals surface area contributed by atoms with Crippen LogP contribution in [0.2, 0.25) is 0 Å². The van der Waals surface area contributed by atoms with E-state index in [0.717, 1.165) is 5.56 Å². The molecule has 0 spiro atoms. The molecule has 2 aliphatic carbocycles. The maximum atomic E-state index is 13.4. The number of carbonyl (C=O) groups is 1. The molecule has 6 atom stereocenters. The molecule has 1 aromatic rings. The number of methoxy groups -OCH3 is 2. The number of fused-ring (bicyclic) bond motifs is 3. The van der Waals surface area contributed by atoms with Crippen molar-refractivity contribution >= 4 is 5.78 Å². The summed E-state index contributed by atoms with van der Waals surface area (Å²) in [6.07, 6.45) is 1.27. The lowest BCUT2D eigenvalue weighted by molar-refractivity contribution is -0.187. The minimum Gasteiger partial charge on any atom is -0.454 e. The Balaban J connectivity index is 1.90. The molecule has 1 heterocycles. The lowest BCUT2D eigenvalue weighted by Gasteiger charge is -2.46. The first-order chi connectivity index (χ1) is 13.0. The van der Waals surface area contributed by atoms with Crippen molar-refractivity contribution in [2.45, 2.75) is 43.5 Å². The van der Waals surface area contributed by atoms with E-state index in [9.17, 15) is 9.90 Å². The van der Waals surface area contributed by atoms with Gasteiger partial charge in [-0.3, -0.25) is 4.79 Å². The Morgan fingerprint density at radius 1 is 1.33 bits per heavy atom. The average molecular weight is 374 g/mol. The largest absolute Gasteiger partial charge is 0.454 e. The second kappa shape index (κ2) is 6.33. The molecule has 0 aromatic heterocycles. The van der Waals surface area contributed by atoms with Crippen LogP contribution < -0.4 is 9.47 Å². The van der Waals surface area contributed by atoms with Crippen molar-refractivity contribution in [2.75, 3.05) is 21.0 Å². The number of carbonyl (C=O) groups excluding carboxylic acids is 1. The first-order valence-electron chi connectivity index (χ1n) is 9.27. The van der Waals surface area contributed by atoms with Gasteiger partial charge in [-0.15, -0.1) is 6.58 Å². The Hall–Kier alpha value is -1.89. The van der Waals surface area contributed by atoms with Crippen LogP contribution in [0.25, 0.3) is 0 Å². The number of Topliss-reactive ketones (excluding diaryl/α,β-unsaturated/α-hetero) is 1. The monoisotopic (exact) mass is 374 g/mol. The topological polar surface area (TPSA) is 74.2 Å². The molecule has 2 bridgehead atoms. The first-order valence-corrected chi connectivity index (χ1v) is 9.27. The van der Waals surface area contributed by atoms with Crippen molar-refractivity contribution in [3.63, 3.8) is 0 Å². The Labute approximate surface area is 159 Å². The lowest BCUT2D eigenvalue weighted by atomic mass is 9.65. The van der Waals surface area contributed by atoms with Crippen LogP contribution in [0.4, 0.5) is 0 Å². The van der Waals surface area contributed by atoms with Gasteiger partial charge >= 0.3 is 0 Å². The number of hydrogen-bond acceptors (Lipinski definition) is 6. The van der Waals surface area contributed by atoms with Gasteiger partial charge in [0.1, 0.15) is 6.10 Å². The molecule has 1 aromatic carbocycles. The minimum atomic E-state index is -1.37. The fourth-order valence-electron chi connectivity index (χ4n) is 5.65. The van der Waals surface area contributed by atoms with Gasteiger partial charge < -0.3 is 24.1 Å². The van der Waals surface area contributed by atoms with E-state index in [1.54, 1.807) is 0 Å². The van der Waals surface area contributed by atoms with Crippen LogP contribution in [-0.2, 0) is 14.3 Å². The highest BCUT2D eigenvalue weighted by atomic mass is 16.7. The van der Waals surface area contributed by atoms with Gasteiger partial charge in [0, 0.05) is 25.6 Å². The van der Waals surface area contributed by atoms with Crippen LogP contribution in [0.3, 0.4) is 0 Å². The first kappa shape index (κ1) is 18.5. The highest BCUT2D eigenvalue weighted by molar-refractivity contribution is 5.95. The third kappa shape index (κ3) is 2.21. The summed E-state index contributed by atoms with van der Waals surface area (Å²) in [5.41, 5.74) is -1.02. The Bertz CT molecular complexity index is 776. The van der Waals surface area contributed by atoms with E-state index < -0.39 is 23.2 Å². The van der Waals surface area contributed by atoms with Gasteiger partial charge in [0.2, 0.25) is 6.79 Å². The molecule has 27 heavy (non-hydrogen) atoms. The summed E-state index contributed by atoms with van der Waals surface area (Å²) in [4.78, 5) is 13.4. The number of rotatable bonds is 5. The molecule has 6 heteroatoms. The Morgan fingerprint density at radius 2 is 2.07 bits per heavy atom. The number of aliphatic hydroxyl groups is 1. The molecule has 0 unspecified atom stereocenters. The molecule has 3 aliphatic rings. The van der Waals surface area contributed by atoms with E-state index in [0.29, 0.717) is 24.3 Å². The normalized spacial score (nSPS) is 39.6. The molecule has 2 saturated carbocycles. The fraction of sp³-hybridized carbons (Fsp3) is 0.571. The van der Waals surface area contributed by atoms with E-state index in [2.05, 4.69) is 13.5 Å². The summed E-state index contributed by atoms with van der Waals surface area (Å²) < 4.78 is 22.3. The highest BCUT2D eigenvalue weighted by Gasteiger charge is 2.74. The zero-order chi connectivity index (χ0) is 19.4. The predicted octanol–water partition coefficient (Wildman–Crippen LogP) is 2.45. The second-order valence-electron chi connectivity index (χ2n) is 7.80. The summed E-state index contributed by atoms with van der Waals surface area (Å²) in [7, 11) is 3.03. The van der Waals surface area contributed by atoms with E-state index in [4.69, 9.17) is 18.9 Å². The second-order valence-corrected chi connectivity index (χ2v) is 7.80. The van der Waals surface area contributed by atoms with Gasteiger partial charge in [-0.05, 0) is 36.5 Å². The summed E-state index contributed by atoms with van der Waals surface area (Å²) in [6, 6.07) is 5.68.